The van der Waals surface area contributed by atoms with Gasteiger partial charge in [0.2, 0.25) is 0 Å². The van der Waals surface area contributed by atoms with E-state index in [1.54, 1.807) is 0 Å². The predicted octanol–water partition coefficient (Wildman–Crippen LogP) is -0.277. The number of nitrogens with one attached hydrogen (secondary N) is 2. The summed E-state index contributed by atoms with van der Waals surface area (Å²) in [5, 5.41) is 5.68. The Morgan fingerprint density at radius 2 is 2.00 bits per heavy atom. The van der Waals surface area contributed by atoms with E-state index in [1.165, 1.54) is 6.42 Å². The number of alkyl carbamates (subject to hydrolysis) is 1. The molecule has 0 saturated carbocycles. The van der Waals surface area contributed by atoms with E-state index in [1.807, 2.05) is 0 Å². The number of carbonyl (C=O) groups is 1. The third-order valence-electron chi connectivity index (χ3n) is 1.67. The average Bonchev–Trinajstić information content (AvgIpc) is 2.48. The van der Waals surface area contributed by atoms with Gasteiger partial charge in [-0.15, -0.1) is 0 Å². The lowest BCUT2D eigenvalue weighted by Crippen LogP contribution is -2.15. The molecule has 2 rings (SSSR count). The van der Waals surface area contributed by atoms with Crippen molar-refractivity contribution < 1.29 is 14.3 Å². The van der Waals surface area contributed by atoms with Crippen LogP contribution in [0, 0.1) is 0 Å². The Morgan fingerprint density at radius 1 is 1.08 bits per heavy atom. The zero-order valence-corrected chi connectivity index (χ0v) is 7.67. The molecule has 0 aromatic heterocycles. The molecule has 2 N–H and O–H groups in total. The van der Waals surface area contributed by atoms with Crippen LogP contribution in [0.2, 0.25) is 0 Å². The van der Waals surface area contributed by atoms with Crippen molar-refractivity contribution in [1.82, 2.24) is 10.6 Å². The maximum absolute atomic E-state index is 9.91. The molecule has 0 aromatic carbocycles. The maximum Gasteiger partial charge on any atom is 0.407 e. The van der Waals surface area contributed by atoms with Gasteiger partial charge in [0.05, 0.1) is 13.2 Å². The van der Waals surface area contributed by atoms with Gasteiger partial charge in [0.15, 0.2) is 0 Å². The molecule has 2 aliphatic rings. The number of cyclic esters (lactones) is 1. The van der Waals surface area contributed by atoms with Crippen LogP contribution >= 0.6 is 0 Å². The standard InChI is InChI=1S/C5H11NO.C3H5NO2/c1-2-6-3-5-7-4-1;5-3-4-1-2-6-3/h6H,1-5H2;1-2H2,(H,4,5). The average molecular weight is 188 g/mol. The Kier molecular flexibility index (Phi) is 5.28. The molecule has 0 unspecified atom stereocenters. The fourth-order valence-electron chi connectivity index (χ4n) is 1.02. The summed E-state index contributed by atoms with van der Waals surface area (Å²) in [6.07, 6.45) is 0.870. The van der Waals surface area contributed by atoms with E-state index in [4.69, 9.17) is 4.74 Å². The van der Waals surface area contributed by atoms with Gasteiger partial charge in [-0.1, -0.05) is 0 Å². The number of amides is 1. The van der Waals surface area contributed by atoms with Crippen molar-refractivity contribution in [2.45, 2.75) is 6.42 Å². The fraction of sp³-hybridized carbons (Fsp3) is 0.875. The normalized spacial score (nSPS) is 22.0. The Labute approximate surface area is 77.8 Å². The second-order valence-electron chi connectivity index (χ2n) is 2.78. The predicted molar refractivity (Wildman–Crippen MR) is 47.7 cm³/mol. The van der Waals surface area contributed by atoms with Crippen LogP contribution in [0.25, 0.3) is 0 Å². The maximum atomic E-state index is 9.91. The minimum absolute atomic E-state index is 0.296. The van der Waals surface area contributed by atoms with Crippen molar-refractivity contribution in [3.8, 4) is 0 Å². The highest BCUT2D eigenvalue weighted by Crippen LogP contribution is 1.84. The van der Waals surface area contributed by atoms with Gasteiger partial charge in [-0.25, -0.2) is 4.79 Å². The lowest BCUT2D eigenvalue weighted by molar-refractivity contribution is 0.151. The summed E-state index contributed by atoms with van der Waals surface area (Å²) in [5.41, 5.74) is 0. The van der Waals surface area contributed by atoms with Crippen LogP contribution < -0.4 is 10.6 Å². The third-order valence-corrected chi connectivity index (χ3v) is 1.67. The van der Waals surface area contributed by atoms with Crippen molar-refractivity contribution in [3.63, 3.8) is 0 Å². The van der Waals surface area contributed by atoms with Gasteiger partial charge in [0.25, 0.3) is 0 Å². The lowest BCUT2D eigenvalue weighted by atomic mass is 10.5. The van der Waals surface area contributed by atoms with Crippen molar-refractivity contribution in [2.75, 3.05) is 39.5 Å². The van der Waals surface area contributed by atoms with E-state index in [2.05, 4.69) is 15.4 Å². The Bertz CT molecular complexity index is 125. The van der Waals surface area contributed by atoms with Crippen LogP contribution in [-0.2, 0) is 9.47 Å². The molecule has 0 aliphatic carbocycles. The molecular formula is C8H16N2O3. The highest BCUT2D eigenvalue weighted by molar-refractivity contribution is 5.68. The second-order valence-corrected chi connectivity index (χ2v) is 2.78. The molecule has 1 amide bonds. The van der Waals surface area contributed by atoms with E-state index in [0.717, 1.165) is 26.3 Å². The van der Waals surface area contributed by atoms with Gasteiger partial charge >= 0.3 is 6.09 Å². The molecule has 5 heteroatoms. The monoisotopic (exact) mass is 188 g/mol. The summed E-state index contributed by atoms with van der Waals surface area (Å²) in [4.78, 5) is 9.91. The van der Waals surface area contributed by atoms with Crippen LogP contribution in [0.5, 0.6) is 0 Å². The Morgan fingerprint density at radius 3 is 2.62 bits per heavy atom. The molecule has 0 atom stereocenters. The van der Waals surface area contributed by atoms with Crippen molar-refractivity contribution in [2.24, 2.45) is 0 Å². The Hall–Kier alpha value is -0.810. The first-order chi connectivity index (χ1) is 6.39. The molecule has 2 fully saturated rings. The quantitative estimate of drug-likeness (QED) is 0.549. The summed E-state index contributed by atoms with van der Waals surface area (Å²) in [7, 11) is 0. The molecule has 0 bridgehead atoms. The molecule has 0 spiro atoms. The lowest BCUT2D eigenvalue weighted by Gasteiger charge is -1.91. The third kappa shape index (κ3) is 5.43. The minimum Gasteiger partial charge on any atom is -0.448 e. The van der Waals surface area contributed by atoms with Crippen LogP contribution in [0.1, 0.15) is 6.42 Å². The number of ether oxygens (including phenoxy) is 2. The van der Waals surface area contributed by atoms with E-state index < -0.39 is 0 Å². The van der Waals surface area contributed by atoms with Gasteiger partial charge in [-0.05, 0) is 13.0 Å². The smallest absolute Gasteiger partial charge is 0.407 e. The minimum atomic E-state index is -0.296. The van der Waals surface area contributed by atoms with Gasteiger partial charge in [0, 0.05) is 13.2 Å². The van der Waals surface area contributed by atoms with Crippen molar-refractivity contribution >= 4 is 6.09 Å². The molecule has 13 heavy (non-hydrogen) atoms. The zero-order valence-electron chi connectivity index (χ0n) is 7.67. The molecule has 2 saturated heterocycles. The molecule has 0 aromatic rings. The number of hydrogen-bond acceptors (Lipinski definition) is 4. The Balaban J connectivity index is 0.000000132. The fourth-order valence-corrected chi connectivity index (χ4v) is 1.02. The SMILES string of the molecule is C1CNCCOC1.O=C1NCCO1. The van der Waals surface area contributed by atoms with Crippen molar-refractivity contribution in [1.29, 1.82) is 0 Å². The largest absolute Gasteiger partial charge is 0.448 e. The second kappa shape index (κ2) is 6.68. The molecule has 76 valence electrons. The first kappa shape index (κ1) is 10.3. The molecule has 5 nitrogen and oxygen atoms in total. The highest BCUT2D eigenvalue weighted by atomic mass is 16.6. The summed E-state index contributed by atoms with van der Waals surface area (Å²) in [6, 6.07) is 0. The van der Waals surface area contributed by atoms with E-state index >= 15 is 0 Å². The summed E-state index contributed by atoms with van der Waals surface area (Å²) in [5.74, 6) is 0. The van der Waals surface area contributed by atoms with E-state index in [9.17, 15) is 4.79 Å². The molecular weight excluding hydrogens is 172 g/mol. The van der Waals surface area contributed by atoms with Gasteiger partial charge in [0.1, 0.15) is 6.61 Å². The highest BCUT2D eigenvalue weighted by Gasteiger charge is 2.06. The van der Waals surface area contributed by atoms with E-state index in [0.29, 0.717) is 13.2 Å². The first-order valence-electron chi connectivity index (χ1n) is 4.58. The van der Waals surface area contributed by atoms with Crippen LogP contribution in [-0.4, -0.2) is 45.5 Å². The number of carbonyl (C=O) groups excluding carboxylic acids is 1. The first-order valence-corrected chi connectivity index (χ1v) is 4.58. The summed E-state index contributed by atoms with van der Waals surface area (Å²) >= 11 is 0. The topological polar surface area (TPSA) is 59.6 Å². The number of hydrogen-bond donors (Lipinski definition) is 2. The van der Waals surface area contributed by atoms with Gasteiger partial charge in [-0.3, -0.25) is 0 Å². The summed E-state index contributed by atoms with van der Waals surface area (Å²) < 4.78 is 9.53. The van der Waals surface area contributed by atoms with Gasteiger partial charge in [-0.2, -0.15) is 0 Å². The van der Waals surface area contributed by atoms with Gasteiger partial charge < -0.3 is 20.1 Å². The molecule has 2 aliphatic heterocycles. The van der Waals surface area contributed by atoms with Crippen molar-refractivity contribution in [3.05, 3.63) is 0 Å². The number of rotatable bonds is 0. The van der Waals surface area contributed by atoms with E-state index in [-0.39, 0.29) is 6.09 Å². The van der Waals surface area contributed by atoms with Crippen LogP contribution in [0.3, 0.4) is 0 Å². The summed E-state index contributed by atoms with van der Waals surface area (Å²) in [6.45, 7) is 5.17. The van der Waals surface area contributed by atoms with Crippen LogP contribution in [0.4, 0.5) is 4.79 Å². The molecule has 0 radical (unpaired) electrons. The zero-order chi connectivity index (χ0) is 9.36. The molecule has 2 heterocycles. The van der Waals surface area contributed by atoms with Crippen LogP contribution in [0.15, 0.2) is 0 Å².